The molecule has 45 heavy (non-hydrogen) atoms. The van der Waals surface area contributed by atoms with Crippen molar-refractivity contribution < 1.29 is 22.7 Å². The summed E-state index contributed by atoms with van der Waals surface area (Å²) in [5.41, 5.74) is 3.74. The molecule has 0 aliphatic carbocycles. The van der Waals surface area contributed by atoms with E-state index in [4.69, 9.17) is 4.74 Å². The molecule has 8 nitrogen and oxygen atoms in total. The van der Waals surface area contributed by atoms with E-state index in [0.717, 1.165) is 33.0 Å². The van der Waals surface area contributed by atoms with Crippen molar-refractivity contribution in [2.24, 2.45) is 0 Å². The van der Waals surface area contributed by atoms with Gasteiger partial charge in [0.25, 0.3) is 10.0 Å². The maximum Gasteiger partial charge on any atom is 0.264 e. The van der Waals surface area contributed by atoms with Crippen LogP contribution in [0.2, 0.25) is 0 Å². The summed E-state index contributed by atoms with van der Waals surface area (Å²) in [5, 5.41) is 2.96. The van der Waals surface area contributed by atoms with Crippen molar-refractivity contribution in [3.05, 3.63) is 125 Å². The maximum absolute atomic E-state index is 14.5. The van der Waals surface area contributed by atoms with Gasteiger partial charge in [-0.05, 0) is 73.4 Å². The molecule has 9 heteroatoms. The number of carbonyl (C=O) groups is 2. The number of benzene rings is 4. The number of rotatable bonds is 14. The zero-order chi connectivity index (χ0) is 32.4. The number of hydrogen-bond donors (Lipinski definition) is 1. The molecule has 0 saturated carbocycles. The van der Waals surface area contributed by atoms with Gasteiger partial charge >= 0.3 is 0 Å². The van der Waals surface area contributed by atoms with E-state index < -0.39 is 28.5 Å². The minimum absolute atomic E-state index is 0.0688. The smallest absolute Gasteiger partial charge is 0.264 e. The molecule has 0 radical (unpaired) electrons. The Hall–Kier alpha value is -4.63. The van der Waals surface area contributed by atoms with E-state index in [2.05, 4.69) is 5.32 Å². The van der Waals surface area contributed by atoms with E-state index in [1.54, 1.807) is 55.6 Å². The molecule has 1 atom stereocenters. The fourth-order valence-electron chi connectivity index (χ4n) is 5.04. The van der Waals surface area contributed by atoms with E-state index in [-0.39, 0.29) is 23.8 Å². The van der Waals surface area contributed by atoms with Gasteiger partial charge in [-0.2, -0.15) is 0 Å². The summed E-state index contributed by atoms with van der Waals surface area (Å²) in [5.74, 6) is -0.207. The normalized spacial score (nSPS) is 11.8. The number of aryl methyl sites for hydroxylation is 2. The van der Waals surface area contributed by atoms with Crippen LogP contribution in [0.3, 0.4) is 0 Å². The van der Waals surface area contributed by atoms with Gasteiger partial charge in [-0.1, -0.05) is 79.2 Å². The lowest BCUT2D eigenvalue weighted by molar-refractivity contribution is -0.140. The lowest BCUT2D eigenvalue weighted by Crippen LogP contribution is -2.53. The quantitative estimate of drug-likeness (QED) is 0.194. The van der Waals surface area contributed by atoms with E-state index in [9.17, 15) is 18.0 Å². The maximum atomic E-state index is 14.5. The molecule has 4 aromatic rings. The molecule has 0 aliphatic heterocycles. The van der Waals surface area contributed by atoms with Crippen molar-refractivity contribution in [1.82, 2.24) is 10.2 Å². The molecular formula is C36H41N3O5S. The van der Waals surface area contributed by atoms with Gasteiger partial charge in [0.2, 0.25) is 11.8 Å². The van der Waals surface area contributed by atoms with E-state index in [1.165, 1.54) is 4.90 Å². The Bertz CT molecular complexity index is 1690. The summed E-state index contributed by atoms with van der Waals surface area (Å²) < 4.78 is 34.9. The van der Waals surface area contributed by atoms with E-state index in [0.29, 0.717) is 18.0 Å². The standard InChI is InChI=1S/C36H41N3O5S/c1-5-21-37-36(41)34(24-29-12-7-6-8-13-29)38(25-30-14-10-16-32(23-30)44-4)35(40)26-39(31-15-9-11-28(3)22-31)45(42,43)33-19-17-27(2)18-20-33/h6-20,22-23,34H,5,21,24-26H2,1-4H3,(H,37,41). The summed E-state index contributed by atoms with van der Waals surface area (Å²) in [7, 11) is -2.59. The van der Waals surface area contributed by atoms with Crippen LogP contribution in [0.5, 0.6) is 5.75 Å². The second kappa shape index (κ2) is 15.4. The van der Waals surface area contributed by atoms with Gasteiger partial charge in [0.1, 0.15) is 18.3 Å². The summed E-state index contributed by atoms with van der Waals surface area (Å²) in [6.45, 7) is 5.72. The highest BCUT2D eigenvalue weighted by molar-refractivity contribution is 7.92. The molecule has 0 aliphatic rings. The van der Waals surface area contributed by atoms with Crippen LogP contribution in [-0.2, 0) is 32.6 Å². The van der Waals surface area contributed by atoms with Crippen molar-refractivity contribution >= 4 is 27.5 Å². The number of nitrogens with zero attached hydrogens (tertiary/aromatic N) is 2. The number of sulfonamides is 1. The summed E-state index contributed by atoms with van der Waals surface area (Å²) >= 11 is 0. The Labute approximate surface area is 266 Å². The largest absolute Gasteiger partial charge is 0.497 e. The van der Waals surface area contributed by atoms with E-state index in [1.807, 2.05) is 75.4 Å². The van der Waals surface area contributed by atoms with Crippen LogP contribution in [0.4, 0.5) is 5.69 Å². The molecular weight excluding hydrogens is 586 g/mol. The topological polar surface area (TPSA) is 96.0 Å². The Kier molecular flexibility index (Phi) is 11.4. The molecule has 0 bridgehead atoms. The number of nitrogens with one attached hydrogen (secondary N) is 1. The van der Waals surface area contributed by atoms with E-state index >= 15 is 0 Å². The number of methoxy groups -OCH3 is 1. The Balaban J connectivity index is 1.80. The van der Waals surface area contributed by atoms with Crippen LogP contribution in [0.1, 0.15) is 35.6 Å². The molecule has 1 unspecified atom stereocenters. The first-order chi connectivity index (χ1) is 21.6. The van der Waals surface area contributed by atoms with Crippen LogP contribution < -0.4 is 14.4 Å². The molecule has 2 amide bonds. The van der Waals surface area contributed by atoms with Crippen LogP contribution in [0.25, 0.3) is 0 Å². The number of ether oxygens (including phenoxy) is 1. The third-order valence-corrected chi connectivity index (χ3v) is 9.27. The predicted molar refractivity (Wildman–Crippen MR) is 178 cm³/mol. The van der Waals surface area contributed by atoms with Gasteiger partial charge in [0.05, 0.1) is 17.7 Å². The van der Waals surface area contributed by atoms with Gasteiger partial charge in [0, 0.05) is 19.5 Å². The van der Waals surface area contributed by atoms with Crippen LogP contribution in [-0.4, -0.2) is 51.4 Å². The average Bonchev–Trinajstić information content (AvgIpc) is 3.04. The third-order valence-electron chi connectivity index (χ3n) is 7.48. The second-order valence-electron chi connectivity index (χ2n) is 11.0. The first-order valence-electron chi connectivity index (χ1n) is 15.0. The molecule has 236 valence electrons. The van der Waals surface area contributed by atoms with Gasteiger partial charge in [-0.3, -0.25) is 13.9 Å². The summed E-state index contributed by atoms with van der Waals surface area (Å²) in [6, 6.07) is 29.5. The van der Waals surface area contributed by atoms with Gasteiger partial charge < -0.3 is 15.0 Å². The van der Waals surface area contributed by atoms with Crippen molar-refractivity contribution in [3.8, 4) is 5.75 Å². The Morgan fingerprint density at radius 2 is 1.51 bits per heavy atom. The lowest BCUT2D eigenvalue weighted by Gasteiger charge is -2.34. The fourth-order valence-corrected chi connectivity index (χ4v) is 6.44. The molecule has 0 spiro atoms. The fraction of sp³-hybridized carbons (Fsp3) is 0.278. The molecule has 4 rings (SSSR count). The number of hydrogen-bond acceptors (Lipinski definition) is 5. The number of carbonyl (C=O) groups excluding carboxylic acids is 2. The first kappa shape index (κ1) is 33.3. The van der Waals surface area contributed by atoms with Crippen LogP contribution >= 0.6 is 0 Å². The van der Waals surface area contributed by atoms with Crippen molar-refractivity contribution in [2.75, 3.05) is 24.5 Å². The van der Waals surface area contributed by atoms with Gasteiger partial charge in [-0.15, -0.1) is 0 Å². The SMILES string of the molecule is CCCNC(=O)C(Cc1ccccc1)N(Cc1cccc(OC)c1)C(=O)CN(c1cccc(C)c1)S(=O)(=O)c1ccc(C)cc1. The van der Waals surface area contributed by atoms with Gasteiger partial charge in [-0.25, -0.2) is 8.42 Å². The monoisotopic (exact) mass is 627 g/mol. The lowest BCUT2D eigenvalue weighted by atomic mass is 10.0. The Morgan fingerprint density at radius 3 is 2.18 bits per heavy atom. The number of anilines is 1. The van der Waals surface area contributed by atoms with Crippen LogP contribution in [0.15, 0.2) is 108 Å². The number of amides is 2. The Morgan fingerprint density at radius 1 is 0.822 bits per heavy atom. The molecule has 1 N–H and O–H groups in total. The molecule has 0 aromatic heterocycles. The zero-order valence-corrected chi connectivity index (χ0v) is 27.1. The minimum atomic E-state index is -4.15. The predicted octanol–water partition coefficient (Wildman–Crippen LogP) is 5.67. The summed E-state index contributed by atoms with van der Waals surface area (Å²) in [4.78, 5) is 29.8. The third kappa shape index (κ3) is 8.73. The first-order valence-corrected chi connectivity index (χ1v) is 16.5. The highest BCUT2D eigenvalue weighted by Crippen LogP contribution is 2.26. The average molecular weight is 628 g/mol. The van der Waals surface area contributed by atoms with Crippen molar-refractivity contribution in [1.29, 1.82) is 0 Å². The summed E-state index contributed by atoms with van der Waals surface area (Å²) in [6.07, 6.45) is 0.977. The molecule has 4 aromatic carbocycles. The van der Waals surface area contributed by atoms with Crippen LogP contribution in [0, 0.1) is 13.8 Å². The highest BCUT2D eigenvalue weighted by atomic mass is 32.2. The highest BCUT2D eigenvalue weighted by Gasteiger charge is 2.34. The van der Waals surface area contributed by atoms with Gasteiger partial charge in [0.15, 0.2) is 0 Å². The molecule has 0 saturated heterocycles. The van der Waals surface area contributed by atoms with Crippen molar-refractivity contribution in [3.63, 3.8) is 0 Å². The second-order valence-corrected chi connectivity index (χ2v) is 12.9. The molecule has 0 heterocycles. The van der Waals surface area contributed by atoms with Crippen molar-refractivity contribution in [2.45, 2.75) is 51.1 Å². The zero-order valence-electron chi connectivity index (χ0n) is 26.3. The molecule has 0 fully saturated rings. The minimum Gasteiger partial charge on any atom is -0.497 e.